The number of hydrogen-bond donors (Lipinski definition) is 1. The van der Waals surface area contributed by atoms with Crippen molar-refractivity contribution in [2.24, 2.45) is 5.73 Å². The molecule has 0 radical (unpaired) electrons. The van der Waals surface area contributed by atoms with Crippen molar-refractivity contribution in [2.75, 3.05) is 13.2 Å². The summed E-state index contributed by atoms with van der Waals surface area (Å²) in [6.45, 7) is 1.36. The lowest BCUT2D eigenvalue weighted by molar-refractivity contribution is 0.297. The molecule has 0 aromatic heterocycles. The molecule has 1 unspecified atom stereocenters. The third kappa shape index (κ3) is 2.89. The molecular weight excluding hydrogens is 216 g/mol. The van der Waals surface area contributed by atoms with Crippen LogP contribution in [0.15, 0.2) is 18.2 Å². The summed E-state index contributed by atoms with van der Waals surface area (Å²) in [6.07, 6.45) is 2.02. The first kappa shape index (κ1) is 11.7. The number of fused-ring (bicyclic) bond motifs is 1. The molecule has 1 heterocycles. The first-order chi connectivity index (χ1) is 8.31. The summed E-state index contributed by atoms with van der Waals surface area (Å²) in [5, 5.41) is 8.54. The smallest absolute Gasteiger partial charge is 0.161 e. The molecule has 1 aliphatic rings. The first-order valence-electron chi connectivity index (χ1n) is 5.83. The second-order valence-electron chi connectivity index (χ2n) is 4.06. The predicted molar refractivity (Wildman–Crippen MR) is 63.8 cm³/mol. The van der Waals surface area contributed by atoms with Crippen LogP contribution in [0.2, 0.25) is 0 Å². The van der Waals surface area contributed by atoms with Crippen LogP contribution in [-0.4, -0.2) is 13.2 Å². The van der Waals surface area contributed by atoms with Gasteiger partial charge in [0.05, 0.1) is 19.3 Å². The third-order valence-corrected chi connectivity index (χ3v) is 2.77. The Morgan fingerprint density at radius 1 is 1.29 bits per heavy atom. The molecule has 0 saturated heterocycles. The monoisotopic (exact) mass is 232 g/mol. The minimum absolute atomic E-state index is 0.119. The van der Waals surface area contributed by atoms with E-state index < -0.39 is 0 Å². The van der Waals surface area contributed by atoms with Gasteiger partial charge in [0.15, 0.2) is 11.5 Å². The van der Waals surface area contributed by atoms with Gasteiger partial charge in [-0.3, -0.25) is 0 Å². The van der Waals surface area contributed by atoms with E-state index >= 15 is 0 Å². The van der Waals surface area contributed by atoms with Crippen LogP contribution in [0.3, 0.4) is 0 Å². The number of rotatable bonds is 3. The van der Waals surface area contributed by atoms with E-state index in [0.29, 0.717) is 26.1 Å². The highest BCUT2D eigenvalue weighted by molar-refractivity contribution is 5.44. The summed E-state index contributed by atoms with van der Waals surface area (Å²) in [5.74, 6) is 1.53. The van der Waals surface area contributed by atoms with Crippen LogP contribution in [0.5, 0.6) is 11.5 Å². The molecule has 2 rings (SSSR count). The predicted octanol–water partition coefficient (Wildman–Crippen LogP) is 2.15. The van der Waals surface area contributed by atoms with Crippen molar-refractivity contribution in [2.45, 2.75) is 25.3 Å². The second kappa shape index (κ2) is 5.55. The van der Waals surface area contributed by atoms with E-state index in [4.69, 9.17) is 20.5 Å². The van der Waals surface area contributed by atoms with Crippen molar-refractivity contribution in [1.29, 1.82) is 5.26 Å². The molecule has 0 spiro atoms. The van der Waals surface area contributed by atoms with Crippen molar-refractivity contribution in [1.82, 2.24) is 0 Å². The minimum atomic E-state index is -0.119. The fourth-order valence-electron chi connectivity index (χ4n) is 1.80. The number of ether oxygens (including phenoxy) is 2. The minimum Gasteiger partial charge on any atom is -0.490 e. The van der Waals surface area contributed by atoms with Gasteiger partial charge in [0.2, 0.25) is 0 Å². The highest BCUT2D eigenvalue weighted by atomic mass is 16.5. The Morgan fingerprint density at radius 2 is 2.06 bits per heavy atom. The summed E-state index contributed by atoms with van der Waals surface area (Å²) in [5.41, 5.74) is 7.00. The largest absolute Gasteiger partial charge is 0.490 e. The SMILES string of the molecule is N#CCCC(N)c1ccc2c(c1)OCCCO2. The van der Waals surface area contributed by atoms with E-state index in [2.05, 4.69) is 6.07 Å². The van der Waals surface area contributed by atoms with Crippen molar-refractivity contribution in [3.05, 3.63) is 23.8 Å². The number of nitrogens with zero attached hydrogens (tertiary/aromatic N) is 1. The zero-order chi connectivity index (χ0) is 12.1. The maximum absolute atomic E-state index is 8.54. The summed E-state index contributed by atoms with van der Waals surface area (Å²) in [4.78, 5) is 0. The van der Waals surface area contributed by atoms with Crippen LogP contribution in [0, 0.1) is 11.3 Å². The summed E-state index contributed by atoms with van der Waals surface area (Å²) < 4.78 is 11.1. The van der Waals surface area contributed by atoms with Gasteiger partial charge in [-0.2, -0.15) is 5.26 Å². The van der Waals surface area contributed by atoms with Gasteiger partial charge in [0.25, 0.3) is 0 Å². The third-order valence-electron chi connectivity index (χ3n) is 2.77. The van der Waals surface area contributed by atoms with Gasteiger partial charge in [-0.25, -0.2) is 0 Å². The van der Waals surface area contributed by atoms with E-state index in [9.17, 15) is 0 Å². The average Bonchev–Trinajstić information content (AvgIpc) is 2.60. The lowest BCUT2D eigenvalue weighted by Gasteiger charge is -2.13. The molecule has 0 aliphatic carbocycles. The topological polar surface area (TPSA) is 68.3 Å². The lowest BCUT2D eigenvalue weighted by Crippen LogP contribution is -2.10. The van der Waals surface area contributed by atoms with Crippen LogP contribution in [0.25, 0.3) is 0 Å². The maximum Gasteiger partial charge on any atom is 0.161 e. The normalized spacial score (nSPS) is 15.8. The molecule has 1 atom stereocenters. The zero-order valence-electron chi connectivity index (χ0n) is 9.69. The van der Waals surface area contributed by atoms with Crippen molar-refractivity contribution >= 4 is 0 Å². The van der Waals surface area contributed by atoms with Gasteiger partial charge in [0.1, 0.15) is 0 Å². The Hall–Kier alpha value is -1.73. The molecule has 17 heavy (non-hydrogen) atoms. The van der Waals surface area contributed by atoms with E-state index in [0.717, 1.165) is 23.5 Å². The van der Waals surface area contributed by atoms with E-state index in [1.54, 1.807) is 0 Å². The molecule has 1 aromatic carbocycles. The number of nitrogens with two attached hydrogens (primary N) is 1. The molecular formula is C13H16N2O2. The fourth-order valence-corrected chi connectivity index (χ4v) is 1.80. The number of nitriles is 1. The Kier molecular flexibility index (Phi) is 3.84. The lowest BCUT2D eigenvalue weighted by atomic mass is 10.0. The molecule has 4 heteroatoms. The summed E-state index contributed by atoms with van der Waals surface area (Å²) >= 11 is 0. The van der Waals surface area contributed by atoms with Gasteiger partial charge in [-0.15, -0.1) is 0 Å². The van der Waals surface area contributed by atoms with E-state index in [-0.39, 0.29) is 6.04 Å². The van der Waals surface area contributed by atoms with Crippen LogP contribution in [0.4, 0.5) is 0 Å². The van der Waals surface area contributed by atoms with E-state index in [1.807, 2.05) is 18.2 Å². The van der Waals surface area contributed by atoms with Gasteiger partial charge in [-0.1, -0.05) is 6.07 Å². The quantitative estimate of drug-likeness (QED) is 0.867. The van der Waals surface area contributed by atoms with Gasteiger partial charge in [-0.05, 0) is 24.1 Å². The van der Waals surface area contributed by atoms with Gasteiger partial charge >= 0.3 is 0 Å². The highest BCUT2D eigenvalue weighted by Gasteiger charge is 2.13. The van der Waals surface area contributed by atoms with Crippen LogP contribution >= 0.6 is 0 Å². The Labute approximate surface area is 101 Å². The summed E-state index contributed by atoms with van der Waals surface area (Å²) in [6, 6.07) is 7.74. The Morgan fingerprint density at radius 3 is 2.82 bits per heavy atom. The van der Waals surface area contributed by atoms with Crippen LogP contribution in [-0.2, 0) is 0 Å². The highest BCUT2D eigenvalue weighted by Crippen LogP contribution is 2.32. The van der Waals surface area contributed by atoms with E-state index in [1.165, 1.54) is 0 Å². The molecule has 4 nitrogen and oxygen atoms in total. The number of hydrogen-bond acceptors (Lipinski definition) is 4. The fraction of sp³-hybridized carbons (Fsp3) is 0.462. The van der Waals surface area contributed by atoms with Crippen LogP contribution in [0.1, 0.15) is 30.9 Å². The van der Waals surface area contributed by atoms with Gasteiger partial charge < -0.3 is 15.2 Å². The molecule has 1 aromatic rings. The van der Waals surface area contributed by atoms with Crippen molar-refractivity contribution < 1.29 is 9.47 Å². The Balaban J connectivity index is 2.15. The number of benzene rings is 1. The van der Waals surface area contributed by atoms with Gasteiger partial charge in [0, 0.05) is 18.9 Å². The zero-order valence-corrected chi connectivity index (χ0v) is 9.69. The standard InChI is InChI=1S/C13H16N2O2/c14-6-1-3-11(15)10-4-5-12-13(9-10)17-8-2-7-16-12/h4-5,9,11H,1-3,7-8,15H2. The average molecular weight is 232 g/mol. The Bertz CT molecular complexity index is 426. The molecule has 90 valence electrons. The van der Waals surface area contributed by atoms with Crippen molar-refractivity contribution in [3.63, 3.8) is 0 Å². The maximum atomic E-state index is 8.54. The second-order valence-corrected chi connectivity index (χ2v) is 4.06. The van der Waals surface area contributed by atoms with Crippen LogP contribution < -0.4 is 15.2 Å². The summed E-state index contributed by atoms with van der Waals surface area (Å²) in [7, 11) is 0. The molecule has 0 bridgehead atoms. The molecule has 0 saturated carbocycles. The molecule has 1 aliphatic heterocycles. The molecule has 0 amide bonds. The van der Waals surface area contributed by atoms with Crippen molar-refractivity contribution in [3.8, 4) is 17.6 Å². The molecule has 2 N–H and O–H groups in total. The molecule has 0 fully saturated rings. The first-order valence-corrected chi connectivity index (χ1v) is 5.83.